The summed E-state index contributed by atoms with van der Waals surface area (Å²) in [5, 5.41) is 5.60. The van der Waals surface area contributed by atoms with Gasteiger partial charge in [0.15, 0.2) is 0 Å². The van der Waals surface area contributed by atoms with E-state index in [4.69, 9.17) is 4.74 Å². The highest BCUT2D eigenvalue weighted by Crippen LogP contribution is 2.12. The molecule has 0 bridgehead atoms. The molecule has 6 heteroatoms. The number of pyridine rings is 1. The second-order valence-electron chi connectivity index (χ2n) is 3.60. The lowest BCUT2D eigenvalue weighted by Gasteiger charge is -2.20. The summed E-state index contributed by atoms with van der Waals surface area (Å²) in [5.74, 6) is 0.448. The third kappa shape index (κ3) is 2.91. The Balaban J connectivity index is 2.07. The second kappa shape index (κ2) is 5.09. The molecule has 2 N–H and O–H groups in total. The predicted molar refractivity (Wildman–Crippen MR) is 66.6 cm³/mol. The fraction of sp³-hybridized carbons (Fsp3) is 0.273. The van der Waals surface area contributed by atoms with Crippen LogP contribution >= 0.6 is 12.6 Å². The number of methoxy groups -OCH3 is 1. The largest absolute Gasteiger partial charge is 0.481 e. The van der Waals surface area contributed by atoms with Crippen molar-refractivity contribution in [2.24, 2.45) is 0 Å². The SMILES string of the molecule is COc1ccc(CC2=CNC(S)NC2=O)cn1. The molecular weight excluding hydrogens is 238 g/mol. The fourth-order valence-electron chi connectivity index (χ4n) is 1.49. The monoisotopic (exact) mass is 251 g/mol. The molecule has 0 saturated carbocycles. The van der Waals surface area contributed by atoms with Crippen LogP contribution in [0.5, 0.6) is 5.88 Å². The number of carbonyl (C=O) groups is 1. The number of nitrogens with one attached hydrogen (secondary N) is 2. The van der Waals surface area contributed by atoms with E-state index >= 15 is 0 Å². The Bertz CT molecular complexity index is 445. The van der Waals surface area contributed by atoms with E-state index in [1.54, 1.807) is 25.6 Å². The van der Waals surface area contributed by atoms with E-state index in [-0.39, 0.29) is 11.4 Å². The Labute approximate surface area is 105 Å². The van der Waals surface area contributed by atoms with Crippen molar-refractivity contribution in [2.75, 3.05) is 7.11 Å². The van der Waals surface area contributed by atoms with Gasteiger partial charge < -0.3 is 15.4 Å². The molecule has 1 amide bonds. The van der Waals surface area contributed by atoms with Gasteiger partial charge in [-0.1, -0.05) is 6.07 Å². The summed E-state index contributed by atoms with van der Waals surface area (Å²) in [5.41, 5.74) is 1.29. The Morgan fingerprint density at radius 1 is 1.53 bits per heavy atom. The second-order valence-corrected chi connectivity index (χ2v) is 4.11. The predicted octanol–water partition coefficient (Wildman–Crippen LogP) is 0.449. The zero-order valence-corrected chi connectivity index (χ0v) is 10.2. The van der Waals surface area contributed by atoms with Gasteiger partial charge in [-0.25, -0.2) is 4.98 Å². The van der Waals surface area contributed by atoms with Crippen LogP contribution in [0.15, 0.2) is 30.1 Å². The van der Waals surface area contributed by atoms with E-state index in [0.717, 1.165) is 5.56 Å². The zero-order chi connectivity index (χ0) is 12.3. The minimum atomic E-state index is -0.319. The molecule has 90 valence electrons. The molecular formula is C11H13N3O2S. The molecule has 0 aliphatic carbocycles. The smallest absolute Gasteiger partial charge is 0.251 e. The third-order valence-electron chi connectivity index (χ3n) is 2.38. The molecule has 1 atom stereocenters. The Morgan fingerprint density at radius 2 is 2.35 bits per heavy atom. The van der Waals surface area contributed by atoms with Crippen molar-refractivity contribution in [3.63, 3.8) is 0 Å². The molecule has 1 aromatic heterocycles. The van der Waals surface area contributed by atoms with Gasteiger partial charge in [-0.2, -0.15) is 0 Å². The number of rotatable bonds is 3. The molecule has 0 saturated heterocycles. The van der Waals surface area contributed by atoms with Gasteiger partial charge in [0.05, 0.1) is 7.11 Å². The van der Waals surface area contributed by atoms with Gasteiger partial charge in [-0.3, -0.25) is 4.79 Å². The van der Waals surface area contributed by atoms with Crippen LogP contribution in [0.4, 0.5) is 0 Å². The van der Waals surface area contributed by atoms with Gasteiger partial charge in [0.1, 0.15) is 5.50 Å². The normalized spacial score (nSPS) is 19.1. The molecule has 0 fully saturated rings. The van der Waals surface area contributed by atoms with Crippen LogP contribution in [0, 0.1) is 0 Å². The summed E-state index contributed by atoms with van der Waals surface area (Å²) >= 11 is 4.10. The lowest BCUT2D eigenvalue weighted by Crippen LogP contribution is -2.44. The summed E-state index contributed by atoms with van der Waals surface area (Å²) in [7, 11) is 1.57. The lowest BCUT2D eigenvalue weighted by molar-refractivity contribution is -0.118. The average Bonchev–Trinajstić information content (AvgIpc) is 2.34. The quantitative estimate of drug-likeness (QED) is 0.683. The van der Waals surface area contributed by atoms with E-state index in [1.807, 2.05) is 6.07 Å². The maximum absolute atomic E-state index is 11.6. The molecule has 2 heterocycles. The Hall–Kier alpha value is -1.69. The highest BCUT2D eigenvalue weighted by molar-refractivity contribution is 7.80. The number of nitrogens with zero attached hydrogens (tertiary/aromatic N) is 1. The fourth-order valence-corrected chi connectivity index (χ4v) is 1.68. The van der Waals surface area contributed by atoms with Crippen molar-refractivity contribution in [1.82, 2.24) is 15.6 Å². The van der Waals surface area contributed by atoms with Crippen LogP contribution in [0.2, 0.25) is 0 Å². The maximum atomic E-state index is 11.6. The summed E-state index contributed by atoms with van der Waals surface area (Å²) < 4.78 is 4.97. The van der Waals surface area contributed by atoms with Crippen molar-refractivity contribution < 1.29 is 9.53 Å². The number of aromatic nitrogens is 1. The van der Waals surface area contributed by atoms with E-state index < -0.39 is 0 Å². The number of carbonyl (C=O) groups excluding carboxylic acids is 1. The van der Waals surface area contributed by atoms with Crippen LogP contribution < -0.4 is 15.4 Å². The molecule has 1 aromatic rings. The standard InChI is InChI=1S/C11H13N3O2S/c1-16-9-3-2-7(5-12-9)4-8-6-13-11(17)14-10(8)15/h2-3,5-6,11,13,17H,4H2,1H3,(H,14,15). The molecule has 0 spiro atoms. The number of hydrogen-bond acceptors (Lipinski definition) is 5. The number of thiol groups is 1. The summed E-state index contributed by atoms with van der Waals surface area (Å²) in [6.07, 6.45) is 3.90. The molecule has 0 aromatic carbocycles. The van der Waals surface area contributed by atoms with Crippen molar-refractivity contribution in [2.45, 2.75) is 11.9 Å². The van der Waals surface area contributed by atoms with Crippen molar-refractivity contribution in [1.29, 1.82) is 0 Å². The molecule has 1 aliphatic rings. The summed E-state index contributed by atoms with van der Waals surface area (Å²) in [6, 6.07) is 3.65. The van der Waals surface area contributed by atoms with Crippen LogP contribution in [0.1, 0.15) is 5.56 Å². The topological polar surface area (TPSA) is 63.2 Å². The summed E-state index contributed by atoms with van der Waals surface area (Å²) in [6.45, 7) is 0. The van der Waals surface area contributed by atoms with Crippen molar-refractivity contribution >= 4 is 18.5 Å². The van der Waals surface area contributed by atoms with E-state index in [1.165, 1.54) is 0 Å². The number of amides is 1. The number of hydrogen-bond donors (Lipinski definition) is 3. The summed E-state index contributed by atoms with van der Waals surface area (Å²) in [4.78, 5) is 15.7. The first-order valence-electron chi connectivity index (χ1n) is 5.12. The van der Waals surface area contributed by atoms with Gasteiger partial charge in [0, 0.05) is 30.5 Å². The van der Waals surface area contributed by atoms with Crippen molar-refractivity contribution in [3.8, 4) is 5.88 Å². The third-order valence-corrected chi connectivity index (χ3v) is 2.65. The molecule has 0 radical (unpaired) electrons. The molecule has 2 rings (SSSR count). The highest BCUT2D eigenvalue weighted by Gasteiger charge is 2.17. The molecule has 17 heavy (non-hydrogen) atoms. The van der Waals surface area contributed by atoms with E-state index in [0.29, 0.717) is 17.9 Å². The first kappa shape index (κ1) is 11.8. The van der Waals surface area contributed by atoms with Gasteiger partial charge in [-0.05, 0) is 5.56 Å². The van der Waals surface area contributed by atoms with Gasteiger partial charge in [-0.15, -0.1) is 12.6 Å². The van der Waals surface area contributed by atoms with Crippen LogP contribution in [-0.2, 0) is 11.2 Å². The average molecular weight is 251 g/mol. The molecule has 1 unspecified atom stereocenters. The Kier molecular flexibility index (Phi) is 3.53. The van der Waals surface area contributed by atoms with Gasteiger partial charge in [0.2, 0.25) is 5.88 Å². The lowest BCUT2D eigenvalue weighted by atomic mass is 10.1. The first-order chi connectivity index (χ1) is 8.19. The van der Waals surface area contributed by atoms with E-state index in [9.17, 15) is 4.79 Å². The molecule has 1 aliphatic heterocycles. The first-order valence-corrected chi connectivity index (χ1v) is 5.63. The van der Waals surface area contributed by atoms with Crippen LogP contribution in [-0.4, -0.2) is 23.5 Å². The Morgan fingerprint density at radius 3 is 2.94 bits per heavy atom. The van der Waals surface area contributed by atoms with Crippen LogP contribution in [0.3, 0.4) is 0 Å². The minimum Gasteiger partial charge on any atom is -0.481 e. The number of ether oxygens (including phenoxy) is 1. The van der Waals surface area contributed by atoms with Gasteiger partial charge in [0.25, 0.3) is 5.91 Å². The molecule has 5 nitrogen and oxygen atoms in total. The highest BCUT2D eigenvalue weighted by atomic mass is 32.1. The van der Waals surface area contributed by atoms with Crippen molar-refractivity contribution in [3.05, 3.63) is 35.7 Å². The van der Waals surface area contributed by atoms with Crippen LogP contribution in [0.25, 0.3) is 0 Å². The van der Waals surface area contributed by atoms with E-state index in [2.05, 4.69) is 28.2 Å². The van der Waals surface area contributed by atoms with Gasteiger partial charge >= 0.3 is 0 Å². The maximum Gasteiger partial charge on any atom is 0.251 e. The zero-order valence-electron chi connectivity index (χ0n) is 9.30. The minimum absolute atomic E-state index is 0.112.